The Bertz CT molecular complexity index is 1150. The van der Waals surface area contributed by atoms with E-state index < -0.39 is 33.7 Å². The van der Waals surface area contributed by atoms with E-state index in [1.165, 1.54) is 49.4 Å². The molecule has 0 aliphatic carbocycles. The highest BCUT2D eigenvalue weighted by atomic mass is 32.2. The third-order valence-corrected chi connectivity index (χ3v) is 5.51. The average molecular weight is 421 g/mol. The number of anilines is 1. The molecule has 0 aliphatic rings. The molecule has 0 aliphatic heterocycles. The van der Waals surface area contributed by atoms with Crippen LogP contribution in [-0.4, -0.2) is 32.5 Å². The Balaban J connectivity index is 1.69. The highest BCUT2D eigenvalue weighted by molar-refractivity contribution is 7.92. The van der Waals surface area contributed by atoms with Gasteiger partial charge in [0.05, 0.1) is 6.26 Å². The molecule has 0 radical (unpaired) electrons. The van der Waals surface area contributed by atoms with Gasteiger partial charge in [0.1, 0.15) is 10.7 Å². The Hall–Kier alpha value is -2.78. The second kappa shape index (κ2) is 7.69. The maximum atomic E-state index is 13.3. The van der Waals surface area contributed by atoms with Gasteiger partial charge in [0.15, 0.2) is 6.10 Å². The van der Waals surface area contributed by atoms with Crippen LogP contribution in [0.15, 0.2) is 48.5 Å². The molecule has 3 aromatic rings. The van der Waals surface area contributed by atoms with Crippen LogP contribution in [-0.2, 0) is 14.8 Å². The van der Waals surface area contributed by atoms with Gasteiger partial charge in [0.25, 0.3) is 0 Å². The van der Waals surface area contributed by atoms with Gasteiger partial charge in [0, 0.05) is 16.0 Å². The molecular weight excluding hydrogens is 405 g/mol. The minimum absolute atomic E-state index is 0.271. The largest absolute Gasteiger partial charge is 0.450 e. The molecule has 0 fully saturated rings. The number of esters is 1. The first-order valence-electron chi connectivity index (χ1n) is 8.14. The lowest BCUT2D eigenvalue weighted by molar-refractivity contribution is 0.0323. The third kappa shape index (κ3) is 4.73. The second-order valence-electron chi connectivity index (χ2n) is 6.16. The number of ether oxygens (including phenoxy) is 1. The van der Waals surface area contributed by atoms with E-state index in [1.54, 1.807) is 6.07 Å². The molecule has 1 heterocycles. The van der Waals surface area contributed by atoms with Gasteiger partial charge in [-0.25, -0.2) is 17.6 Å². The molecule has 0 saturated carbocycles. The van der Waals surface area contributed by atoms with Crippen molar-refractivity contribution in [2.24, 2.45) is 0 Å². The van der Waals surface area contributed by atoms with Crippen LogP contribution in [0.25, 0.3) is 10.1 Å². The summed E-state index contributed by atoms with van der Waals surface area (Å²) in [5, 5.41) is 0.588. The highest BCUT2D eigenvalue weighted by Gasteiger charge is 2.22. The van der Waals surface area contributed by atoms with E-state index in [0.29, 0.717) is 11.1 Å². The fraction of sp³-hybridized carbons (Fsp3) is 0.158. The van der Waals surface area contributed by atoms with Crippen LogP contribution in [0.1, 0.15) is 27.0 Å². The lowest BCUT2D eigenvalue weighted by Gasteiger charge is -2.12. The Kier molecular flexibility index (Phi) is 5.48. The van der Waals surface area contributed by atoms with Crippen LogP contribution in [0.4, 0.5) is 10.1 Å². The van der Waals surface area contributed by atoms with Gasteiger partial charge >= 0.3 is 5.97 Å². The van der Waals surface area contributed by atoms with E-state index >= 15 is 0 Å². The Morgan fingerprint density at radius 2 is 1.79 bits per heavy atom. The average Bonchev–Trinajstić information content (AvgIpc) is 3.03. The van der Waals surface area contributed by atoms with Crippen molar-refractivity contribution in [2.75, 3.05) is 11.0 Å². The van der Waals surface area contributed by atoms with Gasteiger partial charge in [-0.1, -0.05) is 0 Å². The first-order valence-corrected chi connectivity index (χ1v) is 10.9. The van der Waals surface area contributed by atoms with E-state index in [1.807, 2.05) is 0 Å². The number of carbonyl (C=O) groups is 2. The molecule has 28 heavy (non-hydrogen) atoms. The topological polar surface area (TPSA) is 89.5 Å². The second-order valence-corrected chi connectivity index (χ2v) is 8.99. The van der Waals surface area contributed by atoms with Crippen LogP contribution < -0.4 is 4.72 Å². The number of sulfonamides is 1. The van der Waals surface area contributed by atoms with E-state index in [9.17, 15) is 22.4 Å². The number of fused-ring (bicyclic) bond motifs is 1. The SMILES string of the molecule is CC(OC(=O)c1cc2cc(F)ccc2s1)C(=O)c1ccc(NS(C)(=O)=O)cc1. The summed E-state index contributed by atoms with van der Waals surface area (Å²) in [4.78, 5) is 25.1. The van der Waals surface area contributed by atoms with Crippen molar-refractivity contribution >= 4 is 48.9 Å². The van der Waals surface area contributed by atoms with E-state index in [-0.39, 0.29) is 10.4 Å². The summed E-state index contributed by atoms with van der Waals surface area (Å²) >= 11 is 1.15. The van der Waals surface area contributed by atoms with Gasteiger partial charge in [-0.05, 0) is 60.8 Å². The number of thiophene rings is 1. The summed E-state index contributed by atoms with van der Waals surface area (Å²) in [6, 6.07) is 11.5. The van der Waals surface area contributed by atoms with Crippen LogP contribution in [0.5, 0.6) is 0 Å². The number of halogens is 1. The summed E-state index contributed by atoms with van der Waals surface area (Å²) in [6.45, 7) is 1.45. The number of rotatable bonds is 6. The zero-order valence-corrected chi connectivity index (χ0v) is 16.6. The number of benzene rings is 2. The van der Waals surface area contributed by atoms with E-state index in [2.05, 4.69) is 4.72 Å². The number of hydrogen-bond acceptors (Lipinski definition) is 6. The molecule has 0 saturated heterocycles. The fourth-order valence-corrected chi connectivity index (χ4v) is 4.03. The monoisotopic (exact) mass is 421 g/mol. The zero-order valence-electron chi connectivity index (χ0n) is 14.9. The summed E-state index contributed by atoms with van der Waals surface area (Å²) in [5.74, 6) is -1.49. The summed E-state index contributed by atoms with van der Waals surface area (Å²) < 4.78 is 44.0. The van der Waals surface area contributed by atoms with E-state index in [4.69, 9.17) is 4.74 Å². The van der Waals surface area contributed by atoms with Gasteiger partial charge in [-0.2, -0.15) is 0 Å². The Labute approximate surface area is 165 Å². The van der Waals surface area contributed by atoms with Crippen molar-refractivity contribution in [3.63, 3.8) is 0 Å². The molecule has 1 unspecified atom stereocenters. The molecule has 3 rings (SSSR count). The number of ketones is 1. The molecule has 1 atom stereocenters. The Morgan fingerprint density at radius 1 is 1.11 bits per heavy atom. The number of hydrogen-bond donors (Lipinski definition) is 1. The highest BCUT2D eigenvalue weighted by Crippen LogP contribution is 2.27. The van der Waals surface area contributed by atoms with Crippen molar-refractivity contribution in [1.29, 1.82) is 0 Å². The molecule has 9 heteroatoms. The van der Waals surface area contributed by atoms with Crippen LogP contribution in [0, 0.1) is 5.82 Å². The molecule has 0 amide bonds. The predicted molar refractivity (Wildman–Crippen MR) is 106 cm³/mol. The first kappa shape index (κ1) is 20.0. The van der Waals surface area contributed by atoms with Crippen molar-refractivity contribution in [2.45, 2.75) is 13.0 Å². The lowest BCUT2D eigenvalue weighted by atomic mass is 10.1. The number of carbonyl (C=O) groups excluding carboxylic acids is 2. The predicted octanol–water partition coefficient (Wildman–Crippen LogP) is 3.84. The zero-order chi connectivity index (χ0) is 20.5. The standard InChI is InChI=1S/C19H16FNO5S2/c1-11(18(22)12-3-6-15(7-4-12)21-28(2,24)25)26-19(23)17-10-13-9-14(20)5-8-16(13)27-17/h3-11,21H,1-2H3. The minimum Gasteiger partial charge on any atom is -0.450 e. The maximum absolute atomic E-state index is 13.3. The third-order valence-electron chi connectivity index (χ3n) is 3.81. The smallest absolute Gasteiger partial charge is 0.349 e. The lowest BCUT2D eigenvalue weighted by Crippen LogP contribution is -2.24. The van der Waals surface area contributed by atoms with Crippen LogP contribution >= 0.6 is 11.3 Å². The number of nitrogens with one attached hydrogen (secondary N) is 1. The maximum Gasteiger partial charge on any atom is 0.349 e. The normalized spacial score (nSPS) is 12.5. The molecule has 2 aromatic carbocycles. The van der Waals surface area contributed by atoms with Crippen molar-refractivity contribution in [3.8, 4) is 0 Å². The van der Waals surface area contributed by atoms with E-state index in [0.717, 1.165) is 22.3 Å². The molecule has 0 bridgehead atoms. The minimum atomic E-state index is -3.41. The molecule has 6 nitrogen and oxygen atoms in total. The van der Waals surface area contributed by atoms with Crippen molar-refractivity contribution in [3.05, 3.63) is 64.8 Å². The van der Waals surface area contributed by atoms with Gasteiger partial charge < -0.3 is 4.74 Å². The molecular formula is C19H16FNO5S2. The molecule has 1 N–H and O–H groups in total. The first-order chi connectivity index (χ1) is 13.1. The van der Waals surface area contributed by atoms with Crippen LogP contribution in [0.2, 0.25) is 0 Å². The van der Waals surface area contributed by atoms with Crippen LogP contribution in [0.3, 0.4) is 0 Å². The van der Waals surface area contributed by atoms with Gasteiger partial charge in [-0.15, -0.1) is 11.3 Å². The van der Waals surface area contributed by atoms with Gasteiger partial charge in [0.2, 0.25) is 15.8 Å². The van der Waals surface area contributed by atoms with Gasteiger partial charge in [-0.3, -0.25) is 9.52 Å². The Morgan fingerprint density at radius 3 is 2.43 bits per heavy atom. The van der Waals surface area contributed by atoms with Crippen molar-refractivity contribution in [1.82, 2.24) is 0 Å². The van der Waals surface area contributed by atoms with Crippen molar-refractivity contribution < 1.29 is 27.1 Å². The quantitative estimate of drug-likeness (QED) is 0.482. The fourth-order valence-electron chi connectivity index (χ4n) is 2.54. The summed E-state index contributed by atoms with van der Waals surface area (Å²) in [7, 11) is -3.41. The molecule has 0 spiro atoms. The molecule has 1 aromatic heterocycles. The number of Topliss-reactive ketones (excluding diaryl/α,β-unsaturated/α-hetero) is 1. The summed E-state index contributed by atoms with van der Waals surface area (Å²) in [6.07, 6.45) is -0.0149. The molecule has 146 valence electrons. The summed E-state index contributed by atoms with van der Waals surface area (Å²) in [5.41, 5.74) is 0.596.